The number of carbonyl (C=O) groups excluding carboxylic acids is 1. The molecule has 1 amide bonds. The molecule has 29 heavy (non-hydrogen) atoms. The van der Waals surface area contributed by atoms with Crippen molar-refractivity contribution in [3.05, 3.63) is 59.1 Å². The molecule has 1 aliphatic heterocycles. The summed E-state index contributed by atoms with van der Waals surface area (Å²) in [5, 5.41) is 0.426. The highest BCUT2D eigenvalue weighted by Crippen LogP contribution is 2.25. The molecule has 0 aromatic heterocycles. The maximum absolute atomic E-state index is 13.0. The number of amides is 1. The zero-order valence-corrected chi connectivity index (χ0v) is 18.1. The van der Waals surface area contributed by atoms with Crippen molar-refractivity contribution < 1.29 is 17.9 Å². The van der Waals surface area contributed by atoms with E-state index >= 15 is 0 Å². The Balaban J connectivity index is 1.75. The first kappa shape index (κ1) is 21.5. The van der Waals surface area contributed by atoms with Crippen LogP contribution in [0.1, 0.15) is 12.0 Å². The van der Waals surface area contributed by atoms with Crippen molar-refractivity contribution in [2.45, 2.75) is 19.0 Å². The van der Waals surface area contributed by atoms with E-state index < -0.39 is 9.84 Å². The number of sulfone groups is 1. The van der Waals surface area contributed by atoms with Crippen LogP contribution in [-0.4, -0.2) is 57.5 Å². The molecule has 0 radical (unpaired) electrons. The minimum Gasteiger partial charge on any atom is -0.482 e. The van der Waals surface area contributed by atoms with Crippen LogP contribution in [0.15, 0.2) is 48.5 Å². The predicted octanol–water partition coefficient (Wildman–Crippen LogP) is 3.00. The largest absolute Gasteiger partial charge is 0.482 e. The van der Waals surface area contributed by atoms with Crippen LogP contribution >= 0.6 is 11.6 Å². The Morgan fingerprint density at radius 2 is 1.83 bits per heavy atom. The highest BCUT2D eigenvalue weighted by Gasteiger charge is 2.34. The second kappa shape index (κ2) is 9.05. The van der Waals surface area contributed by atoms with Crippen LogP contribution in [0.5, 0.6) is 5.75 Å². The second-order valence-corrected chi connectivity index (χ2v) is 9.99. The fourth-order valence-corrected chi connectivity index (χ4v) is 5.24. The summed E-state index contributed by atoms with van der Waals surface area (Å²) in [6.45, 7) is 0.134. The number of rotatable bonds is 7. The fraction of sp³-hybridized carbons (Fsp3) is 0.381. The Morgan fingerprint density at radius 1 is 1.14 bits per heavy atom. The minimum absolute atomic E-state index is 0.0133. The number of benzene rings is 2. The lowest BCUT2D eigenvalue weighted by Gasteiger charge is -2.28. The van der Waals surface area contributed by atoms with E-state index in [1.165, 1.54) is 0 Å². The molecule has 3 rings (SSSR count). The number of carbonyl (C=O) groups is 1. The van der Waals surface area contributed by atoms with Crippen molar-refractivity contribution in [1.29, 1.82) is 0 Å². The van der Waals surface area contributed by atoms with Gasteiger partial charge in [0.05, 0.1) is 16.5 Å². The molecular formula is C21H25ClN2O4S. The number of para-hydroxylation sites is 1. The molecule has 8 heteroatoms. The van der Waals surface area contributed by atoms with Gasteiger partial charge in [-0.25, -0.2) is 8.42 Å². The van der Waals surface area contributed by atoms with Crippen LogP contribution in [0.4, 0.5) is 5.69 Å². The summed E-state index contributed by atoms with van der Waals surface area (Å²) >= 11 is 6.09. The summed E-state index contributed by atoms with van der Waals surface area (Å²) in [5.41, 5.74) is 1.99. The minimum atomic E-state index is -3.12. The van der Waals surface area contributed by atoms with Crippen LogP contribution in [0.2, 0.25) is 5.02 Å². The molecule has 0 N–H and O–H groups in total. The van der Waals surface area contributed by atoms with Gasteiger partial charge in [0.25, 0.3) is 5.91 Å². The van der Waals surface area contributed by atoms with E-state index in [-0.39, 0.29) is 30.1 Å². The Hall–Kier alpha value is -2.25. The zero-order valence-electron chi connectivity index (χ0n) is 16.5. The third-order valence-electron chi connectivity index (χ3n) is 4.96. The van der Waals surface area contributed by atoms with Gasteiger partial charge in [-0.2, -0.15) is 0 Å². The Labute approximate surface area is 176 Å². The van der Waals surface area contributed by atoms with Gasteiger partial charge in [0.2, 0.25) is 0 Å². The summed E-state index contributed by atoms with van der Waals surface area (Å²) in [6, 6.07) is 14.4. The normalized spacial score (nSPS) is 17.7. The van der Waals surface area contributed by atoms with E-state index in [9.17, 15) is 13.2 Å². The van der Waals surface area contributed by atoms with Gasteiger partial charge in [0.1, 0.15) is 5.75 Å². The first-order valence-electron chi connectivity index (χ1n) is 9.38. The zero-order chi connectivity index (χ0) is 21.0. The molecule has 0 aliphatic carbocycles. The molecule has 1 atom stereocenters. The van der Waals surface area contributed by atoms with Gasteiger partial charge in [0, 0.05) is 32.4 Å². The lowest BCUT2D eigenvalue weighted by molar-refractivity contribution is -0.136. The monoisotopic (exact) mass is 436 g/mol. The molecule has 0 spiro atoms. The first-order valence-corrected chi connectivity index (χ1v) is 11.6. The standard InChI is InChI=1S/C21H25ClN2O4S/c1-23(2)17-9-7-16(8-10-17)13-24(18-11-12-29(26,27)15-18)21(25)14-28-20-6-4-3-5-19(20)22/h3-10,18H,11-15H2,1-2H3/t18-/m1/s1. The molecule has 1 fully saturated rings. The summed E-state index contributed by atoms with van der Waals surface area (Å²) in [7, 11) is 0.797. The highest BCUT2D eigenvalue weighted by molar-refractivity contribution is 7.91. The van der Waals surface area contributed by atoms with Crippen LogP contribution < -0.4 is 9.64 Å². The summed E-state index contributed by atoms with van der Waals surface area (Å²) in [4.78, 5) is 16.6. The molecule has 0 saturated carbocycles. The second-order valence-electron chi connectivity index (χ2n) is 7.36. The van der Waals surface area contributed by atoms with Crippen molar-refractivity contribution in [3.63, 3.8) is 0 Å². The number of halogens is 1. The number of nitrogens with zero attached hydrogens (tertiary/aromatic N) is 2. The lowest BCUT2D eigenvalue weighted by atomic mass is 10.1. The number of hydrogen-bond acceptors (Lipinski definition) is 5. The molecular weight excluding hydrogens is 412 g/mol. The molecule has 0 bridgehead atoms. The average molecular weight is 437 g/mol. The van der Waals surface area contributed by atoms with E-state index in [1.54, 1.807) is 29.2 Å². The Morgan fingerprint density at radius 3 is 2.41 bits per heavy atom. The maximum atomic E-state index is 13.0. The number of anilines is 1. The van der Waals surface area contributed by atoms with Gasteiger partial charge in [-0.05, 0) is 36.2 Å². The third-order valence-corrected chi connectivity index (χ3v) is 7.03. The molecule has 6 nitrogen and oxygen atoms in total. The molecule has 1 aliphatic rings. The van der Waals surface area contributed by atoms with Crippen molar-refractivity contribution in [3.8, 4) is 5.75 Å². The quantitative estimate of drug-likeness (QED) is 0.667. The fourth-order valence-electron chi connectivity index (χ4n) is 3.32. The number of ether oxygens (including phenoxy) is 1. The van der Waals surface area contributed by atoms with Gasteiger partial charge >= 0.3 is 0 Å². The van der Waals surface area contributed by atoms with Crippen molar-refractivity contribution in [2.24, 2.45) is 0 Å². The van der Waals surface area contributed by atoms with Crippen LogP contribution in [0, 0.1) is 0 Å². The smallest absolute Gasteiger partial charge is 0.261 e. The number of hydrogen-bond donors (Lipinski definition) is 0. The average Bonchev–Trinajstić information content (AvgIpc) is 3.05. The molecule has 2 aromatic rings. The van der Waals surface area contributed by atoms with E-state index in [1.807, 2.05) is 43.3 Å². The molecule has 156 valence electrons. The van der Waals surface area contributed by atoms with Gasteiger partial charge in [-0.3, -0.25) is 4.79 Å². The van der Waals surface area contributed by atoms with Gasteiger partial charge in [-0.15, -0.1) is 0 Å². The van der Waals surface area contributed by atoms with Crippen LogP contribution in [0.25, 0.3) is 0 Å². The Bertz CT molecular complexity index is 961. The van der Waals surface area contributed by atoms with Crippen molar-refractivity contribution >= 4 is 33.0 Å². The SMILES string of the molecule is CN(C)c1ccc(CN(C(=O)COc2ccccc2Cl)[C@@H]2CCS(=O)(=O)C2)cc1. The van der Waals surface area contributed by atoms with Crippen LogP contribution in [-0.2, 0) is 21.2 Å². The molecule has 2 aromatic carbocycles. The van der Waals surface area contributed by atoms with Crippen molar-refractivity contribution in [1.82, 2.24) is 4.90 Å². The third kappa shape index (κ3) is 5.64. The predicted molar refractivity (Wildman–Crippen MR) is 115 cm³/mol. The van der Waals surface area contributed by atoms with E-state index in [0.717, 1.165) is 11.3 Å². The summed E-state index contributed by atoms with van der Waals surface area (Å²) < 4.78 is 29.5. The van der Waals surface area contributed by atoms with E-state index in [0.29, 0.717) is 23.7 Å². The van der Waals surface area contributed by atoms with E-state index in [2.05, 4.69) is 0 Å². The molecule has 1 heterocycles. The first-order chi connectivity index (χ1) is 13.7. The lowest BCUT2D eigenvalue weighted by Crippen LogP contribution is -2.43. The summed E-state index contributed by atoms with van der Waals surface area (Å²) in [5.74, 6) is 0.257. The van der Waals surface area contributed by atoms with Crippen molar-refractivity contribution in [2.75, 3.05) is 37.1 Å². The van der Waals surface area contributed by atoms with Crippen LogP contribution in [0.3, 0.4) is 0 Å². The highest BCUT2D eigenvalue weighted by atomic mass is 35.5. The van der Waals surface area contributed by atoms with Gasteiger partial charge in [-0.1, -0.05) is 35.9 Å². The maximum Gasteiger partial charge on any atom is 0.261 e. The van der Waals surface area contributed by atoms with Gasteiger partial charge in [0.15, 0.2) is 16.4 Å². The molecule has 0 unspecified atom stereocenters. The topological polar surface area (TPSA) is 66.9 Å². The summed E-state index contributed by atoms with van der Waals surface area (Å²) in [6.07, 6.45) is 0.440. The Kier molecular flexibility index (Phi) is 6.70. The molecule has 1 saturated heterocycles. The van der Waals surface area contributed by atoms with Gasteiger partial charge < -0.3 is 14.5 Å². The van der Waals surface area contributed by atoms with E-state index in [4.69, 9.17) is 16.3 Å².